The van der Waals surface area contributed by atoms with Gasteiger partial charge in [-0.2, -0.15) is 0 Å². The van der Waals surface area contributed by atoms with Gasteiger partial charge in [-0.15, -0.1) is 0 Å². The molecule has 0 aliphatic carbocycles. The van der Waals surface area contributed by atoms with Gasteiger partial charge in [0.1, 0.15) is 6.17 Å². The Balaban J connectivity index is 1.94. The van der Waals surface area contributed by atoms with E-state index in [1.165, 1.54) is 19.3 Å². The van der Waals surface area contributed by atoms with Crippen LogP contribution in [0.4, 0.5) is 10.1 Å². The van der Waals surface area contributed by atoms with Crippen molar-refractivity contribution in [2.45, 2.75) is 58.0 Å². The van der Waals surface area contributed by atoms with E-state index in [0.29, 0.717) is 19.4 Å². The summed E-state index contributed by atoms with van der Waals surface area (Å²) >= 11 is 0. The highest BCUT2D eigenvalue weighted by Gasteiger charge is 2.06. The molecule has 0 aliphatic rings. The topological polar surface area (TPSA) is 21.3 Å². The zero-order chi connectivity index (χ0) is 13.8. The van der Waals surface area contributed by atoms with Crippen LogP contribution in [0.1, 0.15) is 51.9 Å². The molecule has 0 heterocycles. The molecule has 0 radical (unpaired) electrons. The van der Waals surface area contributed by atoms with Crippen LogP contribution in [-0.4, -0.2) is 12.8 Å². The molecular weight excluding hydrogens is 241 g/mol. The summed E-state index contributed by atoms with van der Waals surface area (Å²) in [6.45, 7) is 2.60. The van der Waals surface area contributed by atoms with E-state index >= 15 is 0 Å². The van der Waals surface area contributed by atoms with Crippen molar-refractivity contribution in [2.24, 2.45) is 0 Å². The number of hydrogen-bond donors (Lipinski definition) is 1. The number of anilines is 1. The van der Waals surface area contributed by atoms with Crippen molar-refractivity contribution in [3.63, 3.8) is 0 Å². The zero-order valence-corrected chi connectivity index (χ0v) is 11.9. The number of unbranched alkanes of at least 4 members (excludes halogenated alkanes) is 4. The second-order valence-corrected chi connectivity index (χ2v) is 4.91. The van der Waals surface area contributed by atoms with E-state index in [1.54, 1.807) is 0 Å². The van der Waals surface area contributed by atoms with Gasteiger partial charge >= 0.3 is 0 Å². The average Bonchev–Trinajstić information content (AvgIpc) is 2.44. The van der Waals surface area contributed by atoms with Gasteiger partial charge in [0, 0.05) is 6.42 Å². The molecule has 0 saturated carbocycles. The Morgan fingerprint density at radius 1 is 1.05 bits per heavy atom. The number of nitrogens with one attached hydrogen (secondary N) is 1. The predicted octanol–water partition coefficient (Wildman–Crippen LogP) is 5.12. The van der Waals surface area contributed by atoms with Crippen LogP contribution in [0.3, 0.4) is 0 Å². The van der Waals surface area contributed by atoms with Gasteiger partial charge in [0.2, 0.25) is 0 Å². The predicted molar refractivity (Wildman–Crippen MR) is 78.9 cm³/mol. The van der Waals surface area contributed by atoms with Crippen LogP contribution < -0.4 is 5.48 Å². The molecule has 1 aromatic rings. The number of halogens is 1. The standard InChI is InChI=1S/C16H26FNO/c1-2-3-4-5-7-10-15(17)13-14-19-18-16-11-8-6-9-12-16/h6,8-9,11-12,15,18H,2-5,7,10,13-14H2,1H3. The van der Waals surface area contributed by atoms with Crippen LogP contribution in [0.5, 0.6) is 0 Å². The van der Waals surface area contributed by atoms with Crippen LogP contribution in [0.15, 0.2) is 30.3 Å². The molecule has 2 nitrogen and oxygen atoms in total. The number of hydrogen-bond acceptors (Lipinski definition) is 2. The van der Waals surface area contributed by atoms with Crippen molar-refractivity contribution >= 4 is 5.69 Å². The second-order valence-electron chi connectivity index (χ2n) is 4.91. The first-order valence-electron chi connectivity index (χ1n) is 7.40. The van der Waals surface area contributed by atoms with Crippen LogP contribution in [0.25, 0.3) is 0 Å². The van der Waals surface area contributed by atoms with E-state index in [0.717, 1.165) is 18.5 Å². The van der Waals surface area contributed by atoms with Gasteiger partial charge in [-0.05, 0) is 18.6 Å². The lowest BCUT2D eigenvalue weighted by Crippen LogP contribution is -2.09. The van der Waals surface area contributed by atoms with Crippen molar-refractivity contribution in [2.75, 3.05) is 12.1 Å². The molecule has 0 amide bonds. The number of para-hydroxylation sites is 1. The fourth-order valence-corrected chi connectivity index (χ4v) is 1.94. The summed E-state index contributed by atoms with van der Waals surface area (Å²) in [7, 11) is 0. The monoisotopic (exact) mass is 267 g/mol. The van der Waals surface area contributed by atoms with E-state index in [-0.39, 0.29) is 0 Å². The molecule has 0 spiro atoms. The number of benzene rings is 1. The molecule has 0 saturated heterocycles. The van der Waals surface area contributed by atoms with E-state index < -0.39 is 6.17 Å². The molecule has 108 valence electrons. The third-order valence-corrected chi connectivity index (χ3v) is 3.12. The van der Waals surface area contributed by atoms with Gasteiger partial charge in [0.15, 0.2) is 0 Å². The second kappa shape index (κ2) is 10.8. The molecule has 1 rings (SSSR count). The van der Waals surface area contributed by atoms with Gasteiger partial charge in [-0.3, -0.25) is 10.3 Å². The Labute approximate surface area is 116 Å². The molecule has 0 bridgehead atoms. The lowest BCUT2D eigenvalue weighted by Gasteiger charge is -2.09. The van der Waals surface area contributed by atoms with Crippen molar-refractivity contribution in [3.8, 4) is 0 Å². The molecule has 1 unspecified atom stereocenters. The van der Waals surface area contributed by atoms with Gasteiger partial charge in [-0.25, -0.2) is 4.39 Å². The normalized spacial score (nSPS) is 12.3. The molecule has 19 heavy (non-hydrogen) atoms. The zero-order valence-electron chi connectivity index (χ0n) is 11.9. The molecule has 3 heteroatoms. The van der Waals surface area contributed by atoms with E-state index in [4.69, 9.17) is 4.84 Å². The van der Waals surface area contributed by atoms with E-state index in [2.05, 4.69) is 12.4 Å². The highest BCUT2D eigenvalue weighted by Crippen LogP contribution is 2.12. The van der Waals surface area contributed by atoms with Crippen molar-refractivity contribution in [1.29, 1.82) is 0 Å². The highest BCUT2D eigenvalue weighted by molar-refractivity contribution is 5.39. The van der Waals surface area contributed by atoms with Crippen LogP contribution in [0, 0.1) is 0 Å². The summed E-state index contributed by atoms with van der Waals surface area (Å²) in [5.41, 5.74) is 3.72. The van der Waals surface area contributed by atoms with E-state index in [1.807, 2.05) is 30.3 Å². The minimum Gasteiger partial charge on any atom is -0.276 e. The summed E-state index contributed by atoms with van der Waals surface area (Å²) in [5.74, 6) is 0. The summed E-state index contributed by atoms with van der Waals surface area (Å²) in [6.07, 6.45) is 6.27. The number of rotatable bonds is 11. The summed E-state index contributed by atoms with van der Waals surface area (Å²) in [6, 6.07) is 9.64. The Bertz CT molecular complexity index is 305. The first-order valence-corrected chi connectivity index (χ1v) is 7.40. The van der Waals surface area contributed by atoms with Gasteiger partial charge in [0.25, 0.3) is 0 Å². The summed E-state index contributed by atoms with van der Waals surface area (Å²) in [4.78, 5) is 5.25. The molecule has 0 fully saturated rings. The first-order chi connectivity index (χ1) is 9.33. The van der Waals surface area contributed by atoms with Crippen molar-refractivity contribution in [3.05, 3.63) is 30.3 Å². The summed E-state index contributed by atoms with van der Waals surface area (Å²) < 4.78 is 13.5. The minimum atomic E-state index is -0.737. The van der Waals surface area contributed by atoms with Crippen molar-refractivity contribution in [1.82, 2.24) is 0 Å². The minimum absolute atomic E-state index is 0.408. The van der Waals surface area contributed by atoms with Crippen LogP contribution >= 0.6 is 0 Å². The third kappa shape index (κ3) is 8.60. The van der Waals surface area contributed by atoms with Gasteiger partial charge in [0.05, 0.1) is 12.3 Å². The van der Waals surface area contributed by atoms with Gasteiger partial charge in [-0.1, -0.05) is 57.2 Å². The Hall–Kier alpha value is -1.09. The lowest BCUT2D eigenvalue weighted by atomic mass is 10.1. The first kappa shape index (κ1) is 16.0. The highest BCUT2D eigenvalue weighted by atomic mass is 19.1. The SMILES string of the molecule is CCCCCCCC(F)CCONc1ccccc1. The number of alkyl halides is 1. The molecule has 0 aliphatic heterocycles. The van der Waals surface area contributed by atoms with Gasteiger partial charge < -0.3 is 0 Å². The fourth-order valence-electron chi connectivity index (χ4n) is 1.94. The fraction of sp³-hybridized carbons (Fsp3) is 0.625. The smallest absolute Gasteiger partial charge is 0.102 e. The molecule has 1 N–H and O–H groups in total. The quantitative estimate of drug-likeness (QED) is 0.444. The Morgan fingerprint density at radius 2 is 1.79 bits per heavy atom. The molecule has 1 atom stereocenters. The molecule has 1 aromatic carbocycles. The third-order valence-electron chi connectivity index (χ3n) is 3.12. The maximum atomic E-state index is 13.5. The summed E-state index contributed by atoms with van der Waals surface area (Å²) in [5, 5.41) is 0. The maximum absolute atomic E-state index is 13.5. The van der Waals surface area contributed by atoms with Crippen molar-refractivity contribution < 1.29 is 9.23 Å². The average molecular weight is 267 g/mol. The maximum Gasteiger partial charge on any atom is 0.102 e. The molecular formula is C16H26FNO. The van der Waals surface area contributed by atoms with Crippen LogP contribution in [0.2, 0.25) is 0 Å². The Kier molecular flexibility index (Phi) is 9.07. The largest absolute Gasteiger partial charge is 0.276 e. The van der Waals surface area contributed by atoms with Crippen LogP contribution in [-0.2, 0) is 4.84 Å². The molecule has 0 aromatic heterocycles. The lowest BCUT2D eigenvalue weighted by molar-refractivity contribution is 0.153. The van der Waals surface area contributed by atoms with E-state index in [9.17, 15) is 4.39 Å². The Morgan fingerprint density at radius 3 is 2.53 bits per heavy atom.